The minimum atomic E-state index is -0.720. The van der Waals surface area contributed by atoms with Crippen LogP contribution < -0.4 is 10.6 Å². The first-order valence-electron chi connectivity index (χ1n) is 13.4. The number of alkyl carbamates (subject to hydrolysis) is 1. The summed E-state index contributed by atoms with van der Waals surface area (Å²) < 4.78 is 5.22. The van der Waals surface area contributed by atoms with Crippen LogP contribution in [-0.4, -0.2) is 72.0 Å². The van der Waals surface area contributed by atoms with Gasteiger partial charge in [-0.05, 0) is 49.5 Å². The molecule has 200 valence electrons. The molecule has 1 aromatic carbocycles. The summed E-state index contributed by atoms with van der Waals surface area (Å²) in [5.74, 6) is 0.0366. The highest BCUT2D eigenvalue weighted by atomic mass is 16.5. The van der Waals surface area contributed by atoms with Crippen molar-refractivity contribution in [2.45, 2.75) is 84.4 Å². The summed E-state index contributed by atoms with van der Waals surface area (Å²) in [5.41, 5.74) is 0.423. The fourth-order valence-corrected chi connectivity index (χ4v) is 5.31. The zero-order valence-electron chi connectivity index (χ0n) is 22.5. The van der Waals surface area contributed by atoms with Crippen LogP contribution >= 0.6 is 0 Å². The highest BCUT2D eigenvalue weighted by Crippen LogP contribution is 2.34. The van der Waals surface area contributed by atoms with Crippen LogP contribution in [0.1, 0.15) is 71.8 Å². The Morgan fingerprint density at radius 3 is 2.47 bits per heavy atom. The van der Waals surface area contributed by atoms with Gasteiger partial charge in [0.05, 0.1) is 0 Å². The van der Waals surface area contributed by atoms with Crippen molar-refractivity contribution in [3.63, 3.8) is 0 Å². The molecule has 2 aliphatic rings. The predicted octanol–water partition coefficient (Wildman–Crippen LogP) is 3.70. The number of nitrogens with one attached hydrogen (secondary N) is 2. The SMILES string of the molecule is CCCN1C(=O)[C@H](CCCCNC(=O)OCc2ccccc2)NC(=O)C12CCN(CC(C)(C)C)CC2. The van der Waals surface area contributed by atoms with Gasteiger partial charge >= 0.3 is 6.09 Å². The first-order chi connectivity index (χ1) is 17.1. The van der Waals surface area contributed by atoms with Gasteiger partial charge < -0.3 is 25.2 Å². The lowest BCUT2D eigenvalue weighted by Crippen LogP contribution is -2.73. The fourth-order valence-electron chi connectivity index (χ4n) is 5.31. The summed E-state index contributed by atoms with van der Waals surface area (Å²) in [6, 6.07) is 9.05. The van der Waals surface area contributed by atoms with Crippen LogP contribution in [0.15, 0.2) is 30.3 Å². The third kappa shape index (κ3) is 7.45. The molecule has 0 unspecified atom stereocenters. The molecule has 0 aliphatic carbocycles. The number of hydrogen-bond donors (Lipinski definition) is 2. The molecule has 0 bridgehead atoms. The van der Waals surface area contributed by atoms with E-state index in [1.165, 1.54) is 0 Å². The Labute approximate surface area is 216 Å². The number of nitrogens with zero attached hydrogens (tertiary/aromatic N) is 2. The Balaban J connectivity index is 1.44. The van der Waals surface area contributed by atoms with Gasteiger partial charge in [0.25, 0.3) is 0 Å². The Bertz CT molecular complexity index is 875. The summed E-state index contributed by atoms with van der Waals surface area (Å²) in [6.07, 6.45) is 3.74. The van der Waals surface area contributed by atoms with E-state index < -0.39 is 17.7 Å². The average molecular weight is 501 g/mol. The van der Waals surface area contributed by atoms with E-state index in [1.807, 2.05) is 35.2 Å². The molecule has 0 radical (unpaired) electrons. The van der Waals surface area contributed by atoms with Crippen molar-refractivity contribution in [1.82, 2.24) is 20.4 Å². The Hall–Kier alpha value is -2.61. The lowest BCUT2D eigenvalue weighted by atomic mass is 9.80. The molecule has 2 fully saturated rings. The number of piperidine rings is 1. The first-order valence-corrected chi connectivity index (χ1v) is 13.4. The van der Waals surface area contributed by atoms with Crippen LogP contribution in [0.3, 0.4) is 0 Å². The highest BCUT2D eigenvalue weighted by molar-refractivity contribution is 6.00. The second kappa shape index (κ2) is 12.6. The van der Waals surface area contributed by atoms with Gasteiger partial charge in [0.1, 0.15) is 18.2 Å². The number of amides is 3. The number of carbonyl (C=O) groups is 3. The molecule has 2 aliphatic heterocycles. The van der Waals surface area contributed by atoms with E-state index in [4.69, 9.17) is 4.74 Å². The second-order valence-corrected chi connectivity index (χ2v) is 11.4. The summed E-state index contributed by atoms with van der Waals surface area (Å²) in [4.78, 5) is 43.0. The molecule has 1 spiro atoms. The average Bonchev–Trinajstić information content (AvgIpc) is 2.84. The van der Waals surface area contributed by atoms with E-state index in [-0.39, 0.29) is 23.8 Å². The van der Waals surface area contributed by atoms with Crippen LogP contribution in [0.2, 0.25) is 0 Å². The van der Waals surface area contributed by atoms with Gasteiger partial charge in [-0.3, -0.25) is 9.59 Å². The minimum Gasteiger partial charge on any atom is -0.445 e. The summed E-state index contributed by atoms with van der Waals surface area (Å²) in [7, 11) is 0. The number of unbranched alkanes of at least 4 members (excludes halogenated alkanes) is 1. The highest BCUT2D eigenvalue weighted by Gasteiger charge is 2.53. The van der Waals surface area contributed by atoms with Gasteiger partial charge in [-0.15, -0.1) is 0 Å². The van der Waals surface area contributed by atoms with Gasteiger partial charge in [0, 0.05) is 32.7 Å². The quantitative estimate of drug-likeness (QED) is 0.478. The van der Waals surface area contributed by atoms with E-state index in [1.54, 1.807) is 0 Å². The topological polar surface area (TPSA) is 91.0 Å². The molecule has 2 N–H and O–H groups in total. The third-order valence-electron chi connectivity index (χ3n) is 7.04. The van der Waals surface area contributed by atoms with Crippen molar-refractivity contribution in [3.8, 4) is 0 Å². The molecule has 3 rings (SSSR count). The Morgan fingerprint density at radius 1 is 1.14 bits per heavy atom. The molecule has 0 aromatic heterocycles. The number of hydrogen-bond acceptors (Lipinski definition) is 5. The first kappa shape index (κ1) is 28.0. The van der Waals surface area contributed by atoms with Crippen LogP contribution in [0.25, 0.3) is 0 Å². The zero-order valence-corrected chi connectivity index (χ0v) is 22.5. The largest absolute Gasteiger partial charge is 0.445 e. The maximum absolute atomic E-state index is 13.4. The fraction of sp³-hybridized carbons (Fsp3) is 0.679. The van der Waals surface area contributed by atoms with E-state index in [9.17, 15) is 14.4 Å². The molecule has 0 saturated carbocycles. The normalized spacial score (nSPS) is 20.3. The van der Waals surface area contributed by atoms with Gasteiger partial charge in [-0.25, -0.2) is 4.79 Å². The Morgan fingerprint density at radius 2 is 1.83 bits per heavy atom. The van der Waals surface area contributed by atoms with Crippen molar-refractivity contribution >= 4 is 17.9 Å². The number of benzene rings is 1. The van der Waals surface area contributed by atoms with Crippen molar-refractivity contribution in [2.75, 3.05) is 32.7 Å². The van der Waals surface area contributed by atoms with E-state index >= 15 is 0 Å². The van der Waals surface area contributed by atoms with E-state index in [0.717, 1.165) is 38.0 Å². The summed E-state index contributed by atoms with van der Waals surface area (Å²) >= 11 is 0. The van der Waals surface area contributed by atoms with Crippen LogP contribution in [0.5, 0.6) is 0 Å². The maximum Gasteiger partial charge on any atom is 0.407 e. The number of likely N-dealkylation sites (tertiary alicyclic amines) is 1. The lowest BCUT2D eigenvalue weighted by molar-refractivity contribution is -0.161. The molecule has 3 amide bonds. The third-order valence-corrected chi connectivity index (χ3v) is 7.04. The second-order valence-electron chi connectivity index (χ2n) is 11.4. The zero-order chi connectivity index (χ0) is 26.2. The number of piperazine rings is 1. The molecule has 8 nitrogen and oxygen atoms in total. The van der Waals surface area contributed by atoms with Crippen molar-refractivity contribution < 1.29 is 19.1 Å². The van der Waals surface area contributed by atoms with Crippen molar-refractivity contribution in [2.24, 2.45) is 5.41 Å². The maximum atomic E-state index is 13.4. The predicted molar refractivity (Wildman–Crippen MR) is 140 cm³/mol. The molecule has 8 heteroatoms. The van der Waals surface area contributed by atoms with Gasteiger partial charge in [-0.2, -0.15) is 0 Å². The van der Waals surface area contributed by atoms with Gasteiger partial charge in [0.2, 0.25) is 11.8 Å². The standard InChI is InChI=1S/C28H44N4O4/c1-5-17-32-24(33)23(13-9-10-16-29-26(35)36-20-22-11-7-6-8-12-22)30-25(34)28(32)14-18-31(19-15-28)21-27(2,3)4/h6-8,11-12,23H,5,9-10,13-21H2,1-4H3,(H,29,35)(H,30,34)/t23-/m0/s1. The minimum absolute atomic E-state index is 0.00132. The number of rotatable bonds is 10. The number of ether oxygens (including phenoxy) is 1. The monoisotopic (exact) mass is 500 g/mol. The molecule has 2 heterocycles. The summed E-state index contributed by atoms with van der Waals surface area (Å²) in [5, 5.41) is 5.81. The lowest BCUT2D eigenvalue weighted by Gasteiger charge is -2.52. The van der Waals surface area contributed by atoms with Crippen LogP contribution in [0, 0.1) is 5.41 Å². The number of carbonyl (C=O) groups excluding carboxylic acids is 3. The van der Waals surface area contributed by atoms with Crippen LogP contribution in [-0.2, 0) is 20.9 Å². The summed E-state index contributed by atoms with van der Waals surface area (Å²) in [6.45, 7) is 12.7. The molecule has 36 heavy (non-hydrogen) atoms. The smallest absolute Gasteiger partial charge is 0.407 e. The molecule has 1 atom stereocenters. The van der Waals surface area contributed by atoms with E-state index in [0.29, 0.717) is 38.8 Å². The molecular formula is C28H44N4O4. The van der Waals surface area contributed by atoms with Crippen LogP contribution in [0.4, 0.5) is 4.79 Å². The molecule has 2 saturated heterocycles. The van der Waals surface area contributed by atoms with Gasteiger partial charge in [0.15, 0.2) is 0 Å². The van der Waals surface area contributed by atoms with Crippen molar-refractivity contribution in [3.05, 3.63) is 35.9 Å². The van der Waals surface area contributed by atoms with Gasteiger partial charge in [-0.1, -0.05) is 58.0 Å². The van der Waals surface area contributed by atoms with Crippen molar-refractivity contribution in [1.29, 1.82) is 0 Å². The molecular weight excluding hydrogens is 456 g/mol. The molecule has 1 aromatic rings. The Kier molecular flexibility index (Phi) is 9.77. The van der Waals surface area contributed by atoms with E-state index in [2.05, 4.69) is 43.2 Å².